The smallest absolute Gasteiger partial charge is 0.309 e. The lowest BCUT2D eigenvalue weighted by atomic mass is 9.76. The van der Waals surface area contributed by atoms with Crippen molar-refractivity contribution < 1.29 is 14.7 Å². The lowest BCUT2D eigenvalue weighted by molar-refractivity contribution is -0.152. The van der Waals surface area contributed by atoms with Gasteiger partial charge in [0.05, 0.1) is 11.0 Å². The SMILES string of the molecule is CCC1(C(=O)O)CCN(C(=O)c2cc(Br)ccc2I)CC1. The van der Waals surface area contributed by atoms with Crippen LogP contribution in [0.2, 0.25) is 0 Å². The highest BCUT2D eigenvalue weighted by Gasteiger charge is 2.41. The molecular formula is C15H17BrINO3. The molecule has 1 aromatic rings. The summed E-state index contributed by atoms with van der Waals surface area (Å²) in [4.78, 5) is 25.8. The lowest BCUT2D eigenvalue weighted by Crippen LogP contribution is -2.46. The van der Waals surface area contributed by atoms with E-state index in [-0.39, 0.29) is 5.91 Å². The number of carbonyl (C=O) groups is 2. The summed E-state index contributed by atoms with van der Waals surface area (Å²) in [5.74, 6) is -0.759. The Kier molecular flexibility index (Phi) is 5.29. The van der Waals surface area contributed by atoms with Crippen molar-refractivity contribution in [3.63, 3.8) is 0 Å². The van der Waals surface area contributed by atoms with Gasteiger partial charge in [-0.1, -0.05) is 22.9 Å². The molecule has 1 fully saturated rings. The summed E-state index contributed by atoms with van der Waals surface area (Å²) in [7, 11) is 0. The Morgan fingerprint density at radius 3 is 2.52 bits per heavy atom. The number of likely N-dealkylation sites (tertiary alicyclic amines) is 1. The van der Waals surface area contributed by atoms with Crippen molar-refractivity contribution >= 4 is 50.4 Å². The highest BCUT2D eigenvalue weighted by Crippen LogP contribution is 2.35. The van der Waals surface area contributed by atoms with Gasteiger partial charge in [-0.2, -0.15) is 0 Å². The Balaban J connectivity index is 2.13. The van der Waals surface area contributed by atoms with Crippen molar-refractivity contribution in [2.45, 2.75) is 26.2 Å². The topological polar surface area (TPSA) is 57.6 Å². The molecule has 1 saturated heterocycles. The van der Waals surface area contributed by atoms with Crippen LogP contribution >= 0.6 is 38.5 Å². The first kappa shape index (κ1) is 16.7. The summed E-state index contributed by atoms with van der Waals surface area (Å²) < 4.78 is 1.78. The molecule has 0 aliphatic carbocycles. The highest BCUT2D eigenvalue weighted by molar-refractivity contribution is 14.1. The summed E-state index contributed by atoms with van der Waals surface area (Å²) in [6, 6.07) is 5.62. The van der Waals surface area contributed by atoms with Gasteiger partial charge in [-0.05, 0) is 60.1 Å². The van der Waals surface area contributed by atoms with Gasteiger partial charge in [-0.25, -0.2) is 0 Å². The van der Waals surface area contributed by atoms with Gasteiger partial charge >= 0.3 is 5.97 Å². The zero-order valence-corrected chi connectivity index (χ0v) is 15.5. The Morgan fingerprint density at radius 1 is 1.38 bits per heavy atom. The molecule has 21 heavy (non-hydrogen) atoms. The van der Waals surface area contributed by atoms with Gasteiger partial charge in [0, 0.05) is 21.1 Å². The number of aliphatic carboxylic acids is 1. The van der Waals surface area contributed by atoms with Crippen LogP contribution in [0.5, 0.6) is 0 Å². The third kappa shape index (κ3) is 3.41. The first-order valence-corrected chi connectivity index (χ1v) is 8.74. The minimum atomic E-state index is -0.742. The minimum Gasteiger partial charge on any atom is -0.481 e. The van der Waals surface area contributed by atoms with E-state index in [1.54, 1.807) is 4.90 Å². The Morgan fingerprint density at radius 2 is 2.00 bits per heavy atom. The molecule has 0 bridgehead atoms. The van der Waals surface area contributed by atoms with E-state index in [0.717, 1.165) is 8.04 Å². The fraction of sp³-hybridized carbons (Fsp3) is 0.467. The van der Waals surface area contributed by atoms with Gasteiger partial charge in [0.25, 0.3) is 5.91 Å². The highest BCUT2D eigenvalue weighted by atomic mass is 127. The molecule has 4 nitrogen and oxygen atoms in total. The van der Waals surface area contributed by atoms with E-state index in [2.05, 4.69) is 38.5 Å². The van der Waals surface area contributed by atoms with Crippen LogP contribution in [-0.2, 0) is 4.79 Å². The van der Waals surface area contributed by atoms with Crippen LogP contribution in [0.1, 0.15) is 36.5 Å². The van der Waals surface area contributed by atoms with Gasteiger partial charge in [0.15, 0.2) is 0 Å². The molecule has 0 aromatic heterocycles. The molecule has 0 spiro atoms. The summed E-state index contributed by atoms with van der Waals surface area (Å²) in [6.45, 7) is 2.91. The number of hydrogen-bond acceptors (Lipinski definition) is 2. The molecule has 1 N–H and O–H groups in total. The van der Waals surface area contributed by atoms with Gasteiger partial charge in [0.1, 0.15) is 0 Å². The van der Waals surface area contributed by atoms with E-state index in [4.69, 9.17) is 0 Å². The molecule has 1 heterocycles. The Hall–Kier alpha value is -0.630. The first-order chi connectivity index (χ1) is 9.89. The van der Waals surface area contributed by atoms with E-state index < -0.39 is 11.4 Å². The molecule has 0 radical (unpaired) electrons. The molecule has 0 saturated carbocycles. The average Bonchev–Trinajstić information content (AvgIpc) is 2.49. The van der Waals surface area contributed by atoms with Crippen LogP contribution < -0.4 is 0 Å². The summed E-state index contributed by atoms with van der Waals surface area (Å²) in [5, 5.41) is 9.40. The predicted molar refractivity (Wildman–Crippen MR) is 92.4 cm³/mol. The van der Waals surface area contributed by atoms with E-state index >= 15 is 0 Å². The number of hydrogen-bond donors (Lipinski definition) is 1. The lowest BCUT2D eigenvalue weighted by Gasteiger charge is -2.38. The molecule has 1 amide bonds. The van der Waals surface area contributed by atoms with E-state index in [1.165, 1.54) is 0 Å². The molecule has 1 aromatic carbocycles. The molecule has 1 aliphatic heterocycles. The van der Waals surface area contributed by atoms with Crippen LogP contribution in [0, 0.1) is 8.99 Å². The molecule has 2 rings (SSSR count). The van der Waals surface area contributed by atoms with Crippen molar-refractivity contribution in [1.82, 2.24) is 4.90 Å². The number of carboxylic acid groups (broad SMARTS) is 1. The molecular weight excluding hydrogens is 449 g/mol. The maximum absolute atomic E-state index is 12.6. The predicted octanol–water partition coefficient (Wildman–Crippen LogP) is 3.77. The fourth-order valence-electron chi connectivity index (χ4n) is 2.69. The molecule has 0 atom stereocenters. The molecule has 114 valence electrons. The van der Waals surface area contributed by atoms with E-state index in [1.807, 2.05) is 25.1 Å². The fourth-order valence-corrected chi connectivity index (χ4v) is 3.62. The summed E-state index contributed by atoms with van der Waals surface area (Å²) in [6.07, 6.45) is 1.66. The van der Waals surface area contributed by atoms with Gasteiger partial charge in [-0.15, -0.1) is 0 Å². The largest absolute Gasteiger partial charge is 0.481 e. The van der Waals surface area contributed by atoms with Crippen molar-refractivity contribution in [2.24, 2.45) is 5.41 Å². The number of carboxylic acids is 1. The zero-order valence-electron chi connectivity index (χ0n) is 11.7. The van der Waals surface area contributed by atoms with Crippen molar-refractivity contribution in [3.8, 4) is 0 Å². The monoisotopic (exact) mass is 465 g/mol. The standard InChI is InChI=1S/C15H17BrINO3/c1-2-15(14(20)21)5-7-18(8-6-15)13(19)11-9-10(16)3-4-12(11)17/h3-4,9H,2,5-8H2,1H3,(H,20,21). The Bertz CT molecular complexity index is 568. The van der Waals surface area contributed by atoms with Gasteiger partial charge in [0.2, 0.25) is 0 Å². The average molecular weight is 466 g/mol. The number of halogens is 2. The number of piperidine rings is 1. The second-order valence-corrected chi connectivity index (χ2v) is 7.43. The maximum atomic E-state index is 12.6. The quantitative estimate of drug-likeness (QED) is 0.691. The van der Waals surface area contributed by atoms with Gasteiger partial charge in [-0.3, -0.25) is 9.59 Å². The first-order valence-electron chi connectivity index (χ1n) is 6.87. The maximum Gasteiger partial charge on any atom is 0.309 e. The van der Waals surface area contributed by atoms with Crippen molar-refractivity contribution in [1.29, 1.82) is 0 Å². The minimum absolute atomic E-state index is 0.0178. The van der Waals surface area contributed by atoms with Crippen LogP contribution in [-0.4, -0.2) is 35.0 Å². The van der Waals surface area contributed by atoms with Crippen LogP contribution in [0.25, 0.3) is 0 Å². The summed E-state index contributed by atoms with van der Waals surface area (Å²) >= 11 is 5.54. The van der Waals surface area contributed by atoms with Crippen LogP contribution in [0.4, 0.5) is 0 Å². The Labute approximate surface area is 146 Å². The second-order valence-electron chi connectivity index (χ2n) is 5.36. The van der Waals surface area contributed by atoms with Crippen LogP contribution in [0.15, 0.2) is 22.7 Å². The number of nitrogens with zero attached hydrogens (tertiary/aromatic N) is 1. The molecule has 1 aliphatic rings. The number of amides is 1. The van der Waals surface area contributed by atoms with Gasteiger partial charge < -0.3 is 10.0 Å². The van der Waals surface area contributed by atoms with Crippen molar-refractivity contribution in [2.75, 3.05) is 13.1 Å². The van der Waals surface area contributed by atoms with E-state index in [9.17, 15) is 14.7 Å². The number of rotatable bonds is 3. The molecule has 0 unspecified atom stereocenters. The number of benzene rings is 1. The van der Waals surface area contributed by atoms with Crippen molar-refractivity contribution in [3.05, 3.63) is 31.8 Å². The third-order valence-corrected chi connectivity index (χ3v) is 5.73. The van der Waals surface area contributed by atoms with E-state index in [0.29, 0.717) is 37.9 Å². The van der Waals surface area contributed by atoms with Crippen LogP contribution in [0.3, 0.4) is 0 Å². The third-order valence-electron chi connectivity index (χ3n) is 4.30. The zero-order chi connectivity index (χ0) is 15.6. The second kappa shape index (κ2) is 6.64. The number of carbonyl (C=O) groups excluding carboxylic acids is 1. The summed E-state index contributed by atoms with van der Waals surface area (Å²) in [5.41, 5.74) is 0.00518. The normalized spacial score (nSPS) is 17.6. The molecule has 6 heteroatoms.